The summed E-state index contributed by atoms with van der Waals surface area (Å²) in [6.45, 7) is 4.11. The van der Waals surface area contributed by atoms with E-state index >= 15 is 0 Å². The van der Waals surface area contributed by atoms with Gasteiger partial charge >= 0.3 is 0 Å². The van der Waals surface area contributed by atoms with Gasteiger partial charge in [-0.05, 0) is 31.5 Å². The Morgan fingerprint density at radius 1 is 1.42 bits per heavy atom. The number of hydrogen-bond donors (Lipinski definition) is 1. The fourth-order valence-corrected chi connectivity index (χ4v) is 1.48. The van der Waals surface area contributed by atoms with Gasteiger partial charge in [0.25, 0.3) is 0 Å². The Kier molecular flexibility index (Phi) is 3.24. The fourth-order valence-electron chi connectivity index (χ4n) is 0.950. The molecule has 0 spiro atoms. The van der Waals surface area contributed by atoms with Crippen molar-refractivity contribution < 1.29 is 0 Å². The van der Waals surface area contributed by atoms with Crippen molar-refractivity contribution in [1.29, 1.82) is 0 Å². The molecular formula is C10H11ClS. The zero-order chi connectivity index (χ0) is 9.14. The van der Waals surface area contributed by atoms with Crippen molar-refractivity contribution in [2.24, 2.45) is 0 Å². The monoisotopic (exact) mass is 198 g/mol. The van der Waals surface area contributed by atoms with E-state index in [1.54, 1.807) is 0 Å². The lowest BCUT2D eigenvalue weighted by Crippen LogP contribution is -1.76. The molecule has 0 nitrogen and oxygen atoms in total. The molecule has 1 rings (SSSR count). The molecule has 0 atom stereocenters. The topological polar surface area (TPSA) is 0 Å². The first-order chi connectivity index (χ1) is 5.59. The minimum atomic E-state index is 0.728. The van der Waals surface area contributed by atoms with E-state index < -0.39 is 0 Å². The molecule has 0 heterocycles. The Morgan fingerprint density at radius 2 is 2.08 bits per heavy atom. The molecule has 0 aliphatic rings. The molecule has 0 saturated carbocycles. The average molecular weight is 199 g/mol. The summed E-state index contributed by atoms with van der Waals surface area (Å²) in [7, 11) is 0. The van der Waals surface area contributed by atoms with Crippen LogP contribution in [0.2, 0.25) is 5.02 Å². The number of rotatable bonds is 1. The first-order valence-corrected chi connectivity index (χ1v) is 4.55. The van der Waals surface area contributed by atoms with E-state index in [-0.39, 0.29) is 0 Å². The number of halogens is 1. The second-order valence-electron chi connectivity index (χ2n) is 2.92. The Bertz CT molecular complexity index is 312. The fraction of sp³-hybridized carbons (Fsp3) is 0.200. The molecule has 0 saturated heterocycles. The summed E-state index contributed by atoms with van der Waals surface area (Å²) < 4.78 is 0. The molecule has 0 aliphatic carbocycles. The number of thiol groups is 1. The summed E-state index contributed by atoms with van der Waals surface area (Å²) in [6.07, 6.45) is 2.08. The molecule has 2 heteroatoms. The molecular weight excluding hydrogens is 188 g/mol. The highest BCUT2D eigenvalue weighted by Crippen LogP contribution is 2.21. The number of allylic oxidation sites excluding steroid dienone is 1. The van der Waals surface area contributed by atoms with Crippen molar-refractivity contribution in [3.63, 3.8) is 0 Å². The third-order valence-electron chi connectivity index (χ3n) is 1.44. The van der Waals surface area contributed by atoms with Gasteiger partial charge in [-0.1, -0.05) is 29.3 Å². The van der Waals surface area contributed by atoms with Crippen LogP contribution in [0.3, 0.4) is 0 Å². The molecule has 0 aromatic heterocycles. The van der Waals surface area contributed by atoms with Crippen molar-refractivity contribution >= 4 is 30.3 Å². The Labute approximate surface area is 83.7 Å². The SMILES string of the molecule is CC(C)=Cc1ccc(Cl)cc1S. The van der Waals surface area contributed by atoms with Crippen molar-refractivity contribution in [2.75, 3.05) is 0 Å². The van der Waals surface area contributed by atoms with Gasteiger partial charge in [-0.15, -0.1) is 12.6 Å². The molecule has 0 N–H and O–H groups in total. The van der Waals surface area contributed by atoms with Gasteiger partial charge < -0.3 is 0 Å². The highest BCUT2D eigenvalue weighted by Gasteiger charge is 1.95. The van der Waals surface area contributed by atoms with Gasteiger partial charge in [0, 0.05) is 9.92 Å². The van der Waals surface area contributed by atoms with Crippen molar-refractivity contribution in [2.45, 2.75) is 18.7 Å². The zero-order valence-electron chi connectivity index (χ0n) is 7.13. The molecule has 1 aromatic rings. The average Bonchev–Trinajstić information content (AvgIpc) is 1.94. The van der Waals surface area contributed by atoms with Gasteiger partial charge in [0.2, 0.25) is 0 Å². The lowest BCUT2D eigenvalue weighted by molar-refractivity contribution is 1.38. The Morgan fingerprint density at radius 3 is 2.58 bits per heavy atom. The van der Waals surface area contributed by atoms with E-state index in [2.05, 4.69) is 32.6 Å². The summed E-state index contributed by atoms with van der Waals surface area (Å²) in [4.78, 5) is 0.920. The van der Waals surface area contributed by atoms with E-state index in [0.29, 0.717) is 0 Å². The normalized spacial score (nSPS) is 9.67. The minimum Gasteiger partial charge on any atom is -0.143 e. The number of benzene rings is 1. The Hall–Kier alpha value is -0.400. The highest BCUT2D eigenvalue weighted by atomic mass is 35.5. The Balaban J connectivity index is 3.10. The van der Waals surface area contributed by atoms with E-state index in [1.807, 2.05) is 18.2 Å². The van der Waals surface area contributed by atoms with Crippen LogP contribution in [0.5, 0.6) is 0 Å². The minimum absolute atomic E-state index is 0.728. The van der Waals surface area contributed by atoms with Gasteiger partial charge in [-0.25, -0.2) is 0 Å². The smallest absolute Gasteiger partial charge is 0.0417 e. The third kappa shape index (κ3) is 2.58. The third-order valence-corrected chi connectivity index (χ3v) is 2.06. The summed E-state index contributed by atoms with van der Waals surface area (Å²) in [5.41, 5.74) is 2.37. The van der Waals surface area contributed by atoms with Crippen LogP contribution in [0.4, 0.5) is 0 Å². The lowest BCUT2D eigenvalue weighted by atomic mass is 10.1. The van der Waals surface area contributed by atoms with Crippen molar-refractivity contribution in [3.05, 3.63) is 34.4 Å². The van der Waals surface area contributed by atoms with E-state index in [4.69, 9.17) is 11.6 Å². The molecule has 0 aliphatic heterocycles. The number of hydrogen-bond acceptors (Lipinski definition) is 1. The highest BCUT2D eigenvalue weighted by molar-refractivity contribution is 7.80. The summed E-state index contributed by atoms with van der Waals surface area (Å²) in [5.74, 6) is 0. The molecule has 1 aromatic carbocycles. The van der Waals surface area contributed by atoms with Crippen LogP contribution in [-0.4, -0.2) is 0 Å². The summed E-state index contributed by atoms with van der Waals surface area (Å²) >= 11 is 10.1. The predicted octanol–water partition coefficient (Wildman–Crippen LogP) is 4.05. The standard InChI is InChI=1S/C10H11ClS/c1-7(2)5-8-3-4-9(11)6-10(8)12/h3-6,12H,1-2H3. The maximum absolute atomic E-state index is 5.78. The largest absolute Gasteiger partial charge is 0.143 e. The molecule has 0 amide bonds. The predicted molar refractivity (Wildman–Crippen MR) is 58.0 cm³/mol. The van der Waals surface area contributed by atoms with Crippen LogP contribution >= 0.6 is 24.2 Å². The second-order valence-corrected chi connectivity index (χ2v) is 3.84. The maximum Gasteiger partial charge on any atom is 0.0417 e. The van der Waals surface area contributed by atoms with Crippen LogP contribution in [0, 0.1) is 0 Å². The van der Waals surface area contributed by atoms with E-state index in [9.17, 15) is 0 Å². The lowest BCUT2D eigenvalue weighted by Gasteiger charge is -2.00. The summed E-state index contributed by atoms with van der Waals surface area (Å²) in [6, 6.07) is 5.69. The van der Waals surface area contributed by atoms with Gasteiger partial charge in [0.1, 0.15) is 0 Å². The van der Waals surface area contributed by atoms with E-state index in [0.717, 1.165) is 15.5 Å². The van der Waals surface area contributed by atoms with Crippen LogP contribution in [0.1, 0.15) is 19.4 Å². The molecule has 64 valence electrons. The molecule has 0 radical (unpaired) electrons. The van der Waals surface area contributed by atoms with Crippen LogP contribution in [0.15, 0.2) is 28.7 Å². The molecule has 0 bridgehead atoms. The summed E-state index contributed by atoms with van der Waals surface area (Å²) in [5, 5.41) is 0.728. The first-order valence-electron chi connectivity index (χ1n) is 3.73. The van der Waals surface area contributed by atoms with E-state index in [1.165, 1.54) is 5.57 Å². The van der Waals surface area contributed by atoms with Crippen LogP contribution in [0.25, 0.3) is 6.08 Å². The van der Waals surface area contributed by atoms with Gasteiger partial charge in [-0.2, -0.15) is 0 Å². The zero-order valence-corrected chi connectivity index (χ0v) is 8.78. The maximum atomic E-state index is 5.78. The van der Waals surface area contributed by atoms with Gasteiger partial charge in [-0.3, -0.25) is 0 Å². The molecule has 0 unspecified atom stereocenters. The molecule has 12 heavy (non-hydrogen) atoms. The van der Waals surface area contributed by atoms with Crippen LogP contribution < -0.4 is 0 Å². The van der Waals surface area contributed by atoms with Crippen molar-refractivity contribution in [1.82, 2.24) is 0 Å². The second kappa shape index (κ2) is 4.01. The van der Waals surface area contributed by atoms with Gasteiger partial charge in [0.15, 0.2) is 0 Å². The molecule has 0 fully saturated rings. The first kappa shape index (κ1) is 9.69. The van der Waals surface area contributed by atoms with Gasteiger partial charge in [0.05, 0.1) is 0 Å². The quantitative estimate of drug-likeness (QED) is 0.647. The van der Waals surface area contributed by atoms with Crippen molar-refractivity contribution in [3.8, 4) is 0 Å². The van der Waals surface area contributed by atoms with Crippen LogP contribution in [-0.2, 0) is 0 Å².